The number of ether oxygens (including phenoxy) is 2. The Morgan fingerprint density at radius 1 is 1.30 bits per heavy atom. The number of pyridine rings is 1. The van der Waals surface area contributed by atoms with Crippen molar-refractivity contribution < 1.29 is 22.7 Å². The van der Waals surface area contributed by atoms with E-state index in [4.69, 9.17) is 9.47 Å². The lowest BCUT2D eigenvalue weighted by Crippen LogP contribution is -2.36. The van der Waals surface area contributed by atoms with Gasteiger partial charge in [0.15, 0.2) is 10.8 Å². The van der Waals surface area contributed by atoms with Crippen molar-refractivity contribution in [3.63, 3.8) is 0 Å². The normalized spacial score (nSPS) is 16.6. The average Bonchev–Trinajstić information content (AvgIpc) is 3.45. The minimum absolute atomic E-state index is 0.0155. The molecule has 0 radical (unpaired) electrons. The largest absolute Gasteiger partial charge is 0.444 e. The number of carbonyl (C=O) groups is 1. The van der Waals surface area contributed by atoms with Gasteiger partial charge in [-0.15, -0.1) is 11.3 Å². The molecule has 2 aromatic rings. The van der Waals surface area contributed by atoms with Crippen LogP contribution < -0.4 is 9.62 Å². The Morgan fingerprint density at radius 2 is 2.03 bits per heavy atom. The van der Waals surface area contributed by atoms with Crippen LogP contribution in [-0.2, 0) is 19.5 Å². The number of aryl methyl sites for hydroxylation is 1. The second kappa shape index (κ2) is 11.7. The monoisotopic (exact) mass is 569 g/mol. The highest BCUT2D eigenvalue weighted by atomic mass is 32.2. The van der Waals surface area contributed by atoms with Gasteiger partial charge in [0.05, 0.1) is 16.9 Å². The van der Waals surface area contributed by atoms with Crippen LogP contribution in [0, 0.1) is 6.92 Å². The van der Waals surface area contributed by atoms with Gasteiger partial charge in [-0.2, -0.15) is 8.42 Å². The summed E-state index contributed by atoms with van der Waals surface area (Å²) in [5.41, 5.74) is 2.32. The standard InChI is InChI=1S/C24H39N5O5S2Si/c1-18-20(27-19-10-11-28(14-19)23(30)34-24(2,3)4)8-9-22(26-18)36(31,32)29(21-15-35-16-25-21)17-33-12-13-37(5,6)7/h8-9,15-16,19,27H,10-14,17H2,1-7H3. The second-order valence-corrected chi connectivity index (χ2v) is 19.5. The van der Waals surface area contributed by atoms with Crippen LogP contribution >= 0.6 is 11.3 Å². The molecule has 0 spiro atoms. The zero-order valence-corrected chi connectivity index (χ0v) is 25.4. The van der Waals surface area contributed by atoms with Crippen molar-refractivity contribution in [2.75, 3.05) is 36.0 Å². The predicted molar refractivity (Wildman–Crippen MR) is 150 cm³/mol. The highest BCUT2D eigenvalue weighted by Crippen LogP contribution is 2.26. The molecule has 10 nitrogen and oxygen atoms in total. The Balaban J connectivity index is 1.69. The SMILES string of the molecule is Cc1nc(S(=O)(=O)N(COCC[Si](C)(C)C)c2cscn2)ccc1NC1CCN(C(=O)OC(C)(C)C)C1. The third-order valence-corrected chi connectivity index (χ3v) is 9.60. The highest BCUT2D eigenvalue weighted by molar-refractivity contribution is 7.92. The van der Waals surface area contributed by atoms with Gasteiger partial charge < -0.3 is 19.7 Å². The van der Waals surface area contributed by atoms with Crippen LogP contribution in [0.5, 0.6) is 0 Å². The van der Waals surface area contributed by atoms with E-state index >= 15 is 0 Å². The van der Waals surface area contributed by atoms with Crippen LogP contribution in [-0.4, -0.2) is 75.5 Å². The van der Waals surface area contributed by atoms with Crippen LogP contribution in [0.25, 0.3) is 0 Å². The van der Waals surface area contributed by atoms with E-state index in [0.29, 0.717) is 31.2 Å². The van der Waals surface area contributed by atoms with E-state index < -0.39 is 23.7 Å². The summed E-state index contributed by atoms with van der Waals surface area (Å²) in [6.07, 6.45) is 0.424. The first-order valence-corrected chi connectivity index (χ1v) is 18.5. The van der Waals surface area contributed by atoms with Crippen LogP contribution in [0.4, 0.5) is 16.3 Å². The zero-order chi connectivity index (χ0) is 27.4. The lowest BCUT2D eigenvalue weighted by Gasteiger charge is -2.25. The molecule has 1 unspecified atom stereocenters. The molecular formula is C24H39N5O5S2Si. The van der Waals surface area contributed by atoms with Gasteiger partial charge in [-0.25, -0.2) is 19.1 Å². The minimum Gasteiger partial charge on any atom is -0.444 e. The van der Waals surface area contributed by atoms with Gasteiger partial charge in [-0.1, -0.05) is 19.6 Å². The first-order chi connectivity index (χ1) is 17.2. The molecule has 3 rings (SSSR count). The maximum absolute atomic E-state index is 13.5. The number of likely N-dealkylation sites (tertiary alicyclic amines) is 1. The Morgan fingerprint density at radius 3 is 2.62 bits per heavy atom. The van der Waals surface area contributed by atoms with E-state index in [-0.39, 0.29) is 23.9 Å². The predicted octanol–water partition coefficient (Wildman–Crippen LogP) is 4.78. The van der Waals surface area contributed by atoms with Crippen LogP contribution in [0.1, 0.15) is 32.9 Å². The molecule has 37 heavy (non-hydrogen) atoms. The Labute approximate surface area is 225 Å². The topological polar surface area (TPSA) is 114 Å². The van der Waals surface area contributed by atoms with Crippen molar-refractivity contribution in [2.45, 2.75) is 76.5 Å². The third-order valence-electron chi connectivity index (χ3n) is 5.69. The number of sulfonamides is 1. The molecule has 3 heterocycles. The quantitative estimate of drug-likeness (QED) is 0.247. The number of hydrogen-bond donors (Lipinski definition) is 1. The van der Waals surface area contributed by atoms with Crippen molar-refractivity contribution >= 4 is 47.0 Å². The molecule has 1 aliphatic rings. The Kier molecular flexibility index (Phi) is 9.25. The maximum Gasteiger partial charge on any atom is 0.410 e. The molecule has 0 aromatic carbocycles. The van der Waals surface area contributed by atoms with Gasteiger partial charge in [0.25, 0.3) is 10.0 Å². The van der Waals surface area contributed by atoms with Crippen LogP contribution in [0.15, 0.2) is 28.0 Å². The van der Waals surface area contributed by atoms with Crippen LogP contribution in [0.3, 0.4) is 0 Å². The van der Waals surface area contributed by atoms with E-state index in [9.17, 15) is 13.2 Å². The summed E-state index contributed by atoms with van der Waals surface area (Å²) < 4.78 is 39.5. The molecule has 206 valence electrons. The Bertz CT molecular complexity index is 1160. The number of thiazole rings is 1. The second-order valence-electron chi connectivity index (χ2n) is 11.4. The fourth-order valence-corrected chi connectivity index (χ4v) is 6.29. The number of hydrogen-bond acceptors (Lipinski definition) is 9. The van der Waals surface area contributed by atoms with Gasteiger partial charge >= 0.3 is 6.09 Å². The highest BCUT2D eigenvalue weighted by Gasteiger charge is 2.31. The van der Waals surface area contributed by atoms with Crippen molar-refractivity contribution in [1.29, 1.82) is 0 Å². The van der Waals surface area contributed by atoms with Crippen molar-refractivity contribution in [3.8, 4) is 0 Å². The number of nitrogens with one attached hydrogen (secondary N) is 1. The number of rotatable bonds is 10. The summed E-state index contributed by atoms with van der Waals surface area (Å²) in [5, 5.41) is 5.01. The number of amides is 1. The minimum atomic E-state index is -3.99. The first-order valence-electron chi connectivity index (χ1n) is 12.4. The molecule has 13 heteroatoms. The Hall–Kier alpha value is -2.22. The molecule has 2 aromatic heterocycles. The summed E-state index contributed by atoms with van der Waals surface area (Å²) >= 11 is 1.32. The molecule has 0 aliphatic carbocycles. The third kappa shape index (κ3) is 8.39. The van der Waals surface area contributed by atoms with Gasteiger partial charge in [-0.3, -0.25) is 0 Å². The average molecular weight is 570 g/mol. The maximum atomic E-state index is 13.5. The molecule has 0 saturated carbocycles. The van der Waals surface area contributed by atoms with Gasteiger partial charge in [-0.05, 0) is 52.3 Å². The van der Waals surface area contributed by atoms with Gasteiger partial charge in [0, 0.05) is 39.2 Å². The van der Waals surface area contributed by atoms with Crippen LogP contribution in [0.2, 0.25) is 25.7 Å². The van der Waals surface area contributed by atoms with E-state index in [0.717, 1.165) is 22.5 Å². The molecule has 1 amide bonds. The number of nitrogens with zero attached hydrogens (tertiary/aromatic N) is 4. The summed E-state index contributed by atoms with van der Waals surface area (Å²) in [5.74, 6) is 0.313. The smallest absolute Gasteiger partial charge is 0.410 e. The molecule has 1 aliphatic heterocycles. The van der Waals surface area contributed by atoms with Gasteiger partial charge in [0.2, 0.25) is 0 Å². The van der Waals surface area contributed by atoms with E-state index in [2.05, 4.69) is 34.9 Å². The van der Waals surface area contributed by atoms with Crippen molar-refractivity contribution in [3.05, 3.63) is 28.7 Å². The van der Waals surface area contributed by atoms with Crippen molar-refractivity contribution in [1.82, 2.24) is 14.9 Å². The molecule has 1 N–H and O–H groups in total. The molecular weight excluding hydrogens is 531 g/mol. The van der Waals surface area contributed by atoms with E-state index in [1.54, 1.807) is 28.8 Å². The molecule has 1 atom stereocenters. The zero-order valence-electron chi connectivity index (χ0n) is 22.8. The molecule has 0 bridgehead atoms. The summed E-state index contributed by atoms with van der Waals surface area (Å²) in [7, 11) is -5.30. The summed E-state index contributed by atoms with van der Waals surface area (Å²) in [4.78, 5) is 22.7. The lowest BCUT2D eigenvalue weighted by molar-refractivity contribution is 0.0293. The fourth-order valence-electron chi connectivity index (χ4n) is 3.65. The number of aromatic nitrogens is 2. The van der Waals surface area contributed by atoms with E-state index in [1.807, 2.05) is 20.8 Å². The summed E-state index contributed by atoms with van der Waals surface area (Å²) in [6.45, 7) is 15.5. The van der Waals surface area contributed by atoms with E-state index in [1.165, 1.54) is 17.4 Å². The summed E-state index contributed by atoms with van der Waals surface area (Å²) in [6, 6.07) is 4.16. The molecule has 1 saturated heterocycles. The van der Waals surface area contributed by atoms with Crippen molar-refractivity contribution in [2.24, 2.45) is 0 Å². The molecule has 1 fully saturated rings. The van der Waals surface area contributed by atoms with Gasteiger partial charge in [0.1, 0.15) is 12.3 Å². The number of carbonyl (C=O) groups excluding carboxylic acids is 1. The fraction of sp³-hybridized carbons (Fsp3) is 0.625. The lowest BCUT2D eigenvalue weighted by atomic mass is 10.2. The number of anilines is 2. The first kappa shape index (κ1) is 29.3.